The van der Waals surface area contributed by atoms with Crippen LogP contribution in [0.2, 0.25) is 0 Å². The molecule has 0 radical (unpaired) electrons. The molecule has 0 aliphatic carbocycles. The standard InChI is InChI=1S/C4H10O2S/c1-4(6,7)2-3-5/h5-7H,2-3H2,1H3. The minimum Gasteiger partial charge on any atom is -0.396 e. The van der Waals surface area contributed by atoms with E-state index in [1.54, 1.807) is 0 Å². The number of thiol groups is 1. The van der Waals surface area contributed by atoms with E-state index in [1.807, 2.05) is 0 Å². The van der Waals surface area contributed by atoms with Crippen molar-refractivity contribution in [3.05, 3.63) is 0 Å². The summed E-state index contributed by atoms with van der Waals surface area (Å²) in [5, 5.41) is 16.9. The summed E-state index contributed by atoms with van der Waals surface area (Å²) in [7, 11) is 0. The van der Waals surface area contributed by atoms with Gasteiger partial charge in [0.15, 0.2) is 0 Å². The molecule has 0 aromatic rings. The molecule has 0 amide bonds. The van der Waals surface area contributed by atoms with Crippen molar-refractivity contribution in [1.82, 2.24) is 0 Å². The van der Waals surface area contributed by atoms with Crippen molar-refractivity contribution in [3.8, 4) is 0 Å². The number of hydrogen-bond donors (Lipinski definition) is 3. The summed E-state index contributed by atoms with van der Waals surface area (Å²) in [5.74, 6) is 0. The Kier molecular flexibility index (Phi) is 2.64. The molecule has 0 heterocycles. The molecule has 0 aromatic heterocycles. The maximum Gasteiger partial charge on any atom is 0.107 e. The van der Waals surface area contributed by atoms with Crippen molar-refractivity contribution in [1.29, 1.82) is 0 Å². The summed E-state index contributed by atoms with van der Waals surface area (Å²) >= 11 is 3.73. The van der Waals surface area contributed by atoms with Gasteiger partial charge in [0, 0.05) is 13.0 Å². The van der Waals surface area contributed by atoms with E-state index in [2.05, 4.69) is 12.6 Å². The first-order valence-corrected chi connectivity index (χ1v) is 2.56. The van der Waals surface area contributed by atoms with Crippen LogP contribution in [0.25, 0.3) is 0 Å². The lowest BCUT2D eigenvalue weighted by atomic mass is 10.3. The Morgan fingerprint density at radius 1 is 1.71 bits per heavy atom. The van der Waals surface area contributed by atoms with Crippen molar-refractivity contribution in [2.24, 2.45) is 0 Å². The molecule has 1 atom stereocenters. The molecule has 0 saturated carbocycles. The molecular weight excluding hydrogens is 112 g/mol. The summed E-state index contributed by atoms with van der Waals surface area (Å²) in [6.07, 6.45) is 0.316. The highest BCUT2D eigenvalue weighted by molar-refractivity contribution is 7.81. The van der Waals surface area contributed by atoms with Crippen molar-refractivity contribution in [3.63, 3.8) is 0 Å². The molecule has 0 fully saturated rings. The first-order valence-electron chi connectivity index (χ1n) is 2.12. The Morgan fingerprint density at radius 3 is 2.14 bits per heavy atom. The zero-order valence-corrected chi connectivity index (χ0v) is 5.15. The van der Waals surface area contributed by atoms with Gasteiger partial charge >= 0.3 is 0 Å². The van der Waals surface area contributed by atoms with E-state index in [4.69, 9.17) is 10.2 Å². The highest BCUT2D eigenvalue weighted by atomic mass is 32.1. The minimum absolute atomic E-state index is 0.0174. The van der Waals surface area contributed by atoms with Gasteiger partial charge in [-0.3, -0.25) is 0 Å². The molecule has 0 bridgehead atoms. The average molecular weight is 122 g/mol. The first-order chi connectivity index (χ1) is 3.06. The monoisotopic (exact) mass is 122 g/mol. The first kappa shape index (κ1) is 7.27. The molecule has 2 nitrogen and oxygen atoms in total. The predicted octanol–water partition coefficient (Wildman–Crippen LogP) is 0.00710. The molecule has 0 spiro atoms. The molecule has 0 rings (SSSR count). The normalized spacial score (nSPS) is 18.9. The maximum absolute atomic E-state index is 8.72. The lowest BCUT2D eigenvalue weighted by Crippen LogP contribution is -2.16. The summed E-state index contributed by atoms with van der Waals surface area (Å²) in [6, 6.07) is 0. The van der Waals surface area contributed by atoms with Gasteiger partial charge in [0.2, 0.25) is 0 Å². The molecule has 0 aliphatic rings. The average Bonchev–Trinajstić information content (AvgIpc) is 1.30. The molecule has 44 valence electrons. The van der Waals surface area contributed by atoms with E-state index >= 15 is 0 Å². The van der Waals surface area contributed by atoms with Crippen LogP contribution in [0.15, 0.2) is 0 Å². The quantitative estimate of drug-likeness (QED) is 0.356. The molecule has 0 aromatic carbocycles. The van der Waals surface area contributed by atoms with E-state index in [0.717, 1.165) is 0 Å². The van der Waals surface area contributed by atoms with Crippen LogP contribution >= 0.6 is 12.6 Å². The van der Waals surface area contributed by atoms with E-state index in [0.29, 0.717) is 6.42 Å². The Morgan fingerprint density at radius 2 is 2.14 bits per heavy atom. The van der Waals surface area contributed by atoms with Crippen LogP contribution in [0, 0.1) is 0 Å². The predicted molar refractivity (Wildman–Crippen MR) is 31.3 cm³/mol. The minimum atomic E-state index is -1.01. The zero-order chi connectivity index (χ0) is 5.91. The molecule has 0 saturated heterocycles. The third-order valence-electron chi connectivity index (χ3n) is 0.585. The topological polar surface area (TPSA) is 40.5 Å². The fourth-order valence-electron chi connectivity index (χ4n) is 0.212. The third kappa shape index (κ3) is 6.27. The van der Waals surface area contributed by atoms with Crippen molar-refractivity contribution >= 4 is 12.6 Å². The van der Waals surface area contributed by atoms with Gasteiger partial charge in [0.05, 0.1) is 0 Å². The van der Waals surface area contributed by atoms with Crippen molar-refractivity contribution < 1.29 is 10.2 Å². The van der Waals surface area contributed by atoms with Gasteiger partial charge < -0.3 is 10.2 Å². The molecule has 7 heavy (non-hydrogen) atoms. The molecule has 1 unspecified atom stereocenters. The number of rotatable bonds is 2. The van der Waals surface area contributed by atoms with Crippen LogP contribution in [0.1, 0.15) is 13.3 Å². The van der Waals surface area contributed by atoms with Gasteiger partial charge in [-0.2, -0.15) is 0 Å². The van der Waals surface area contributed by atoms with Crippen LogP contribution in [0.4, 0.5) is 0 Å². The van der Waals surface area contributed by atoms with Crippen LogP contribution in [0.5, 0.6) is 0 Å². The van der Waals surface area contributed by atoms with E-state index in [-0.39, 0.29) is 6.61 Å². The van der Waals surface area contributed by atoms with Gasteiger partial charge in [0.1, 0.15) is 4.93 Å². The number of hydrogen-bond acceptors (Lipinski definition) is 3. The molecule has 3 heteroatoms. The third-order valence-corrected chi connectivity index (χ3v) is 0.809. The Hall–Kier alpha value is 0.270. The summed E-state index contributed by atoms with van der Waals surface area (Å²) in [5.41, 5.74) is 0. The Balaban J connectivity index is 3.15. The fraction of sp³-hybridized carbons (Fsp3) is 1.00. The van der Waals surface area contributed by atoms with Gasteiger partial charge in [-0.1, -0.05) is 0 Å². The lowest BCUT2D eigenvalue weighted by molar-refractivity contribution is 0.120. The van der Waals surface area contributed by atoms with Gasteiger partial charge in [-0.05, 0) is 6.92 Å². The fourth-order valence-corrected chi connectivity index (χ4v) is 0.312. The number of aliphatic hydroxyl groups excluding tert-OH is 1. The van der Waals surface area contributed by atoms with E-state index in [9.17, 15) is 0 Å². The van der Waals surface area contributed by atoms with Crippen LogP contribution in [0.3, 0.4) is 0 Å². The summed E-state index contributed by atoms with van der Waals surface area (Å²) in [4.78, 5) is -1.01. The summed E-state index contributed by atoms with van der Waals surface area (Å²) in [6.45, 7) is 1.52. The van der Waals surface area contributed by atoms with Crippen molar-refractivity contribution in [2.75, 3.05) is 6.61 Å². The highest BCUT2D eigenvalue weighted by Gasteiger charge is 2.10. The second-order valence-electron chi connectivity index (χ2n) is 1.69. The molecular formula is C4H10O2S. The van der Waals surface area contributed by atoms with Crippen LogP contribution in [-0.4, -0.2) is 21.8 Å². The van der Waals surface area contributed by atoms with Gasteiger partial charge in [-0.15, -0.1) is 12.6 Å². The van der Waals surface area contributed by atoms with Gasteiger partial charge in [-0.25, -0.2) is 0 Å². The lowest BCUT2D eigenvalue weighted by Gasteiger charge is -2.12. The Labute approximate surface area is 48.6 Å². The summed E-state index contributed by atoms with van der Waals surface area (Å²) < 4.78 is 0. The molecule has 2 N–H and O–H groups in total. The second-order valence-corrected chi connectivity index (χ2v) is 2.65. The van der Waals surface area contributed by atoms with E-state index in [1.165, 1.54) is 6.92 Å². The SMILES string of the molecule is CC(O)(S)CCO. The highest BCUT2D eigenvalue weighted by Crippen LogP contribution is 2.11. The second kappa shape index (κ2) is 2.55. The smallest absolute Gasteiger partial charge is 0.107 e. The molecule has 0 aliphatic heterocycles. The van der Waals surface area contributed by atoms with Crippen molar-refractivity contribution in [2.45, 2.75) is 18.3 Å². The van der Waals surface area contributed by atoms with E-state index < -0.39 is 4.93 Å². The van der Waals surface area contributed by atoms with Gasteiger partial charge in [0.25, 0.3) is 0 Å². The van der Waals surface area contributed by atoms with Crippen LogP contribution < -0.4 is 0 Å². The van der Waals surface area contributed by atoms with Crippen LogP contribution in [-0.2, 0) is 0 Å². The zero-order valence-electron chi connectivity index (χ0n) is 4.26. The largest absolute Gasteiger partial charge is 0.396 e. The Bertz CT molecular complexity index is 48.1. The number of aliphatic hydroxyl groups is 2. The maximum atomic E-state index is 8.72.